The molecule has 7 nitrogen and oxygen atoms in total. The third-order valence-corrected chi connectivity index (χ3v) is 6.68. The van der Waals surface area contributed by atoms with E-state index < -0.39 is 6.04 Å². The highest BCUT2D eigenvalue weighted by molar-refractivity contribution is 6.31. The van der Waals surface area contributed by atoms with Crippen molar-refractivity contribution in [1.29, 1.82) is 0 Å². The van der Waals surface area contributed by atoms with E-state index in [2.05, 4.69) is 10.2 Å². The van der Waals surface area contributed by atoms with Crippen molar-refractivity contribution in [2.45, 2.75) is 18.9 Å². The van der Waals surface area contributed by atoms with Gasteiger partial charge >= 0.3 is 0 Å². The number of carbonyl (C=O) groups excluding carboxylic acids is 2. The van der Waals surface area contributed by atoms with Gasteiger partial charge in [-0.2, -0.15) is 0 Å². The number of rotatable bonds is 3. The van der Waals surface area contributed by atoms with Crippen LogP contribution in [0.2, 0.25) is 5.02 Å². The van der Waals surface area contributed by atoms with Gasteiger partial charge in [0.2, 0.25) is 11.8 Å². The fourth-order valence-electron chi connectivity index (χ4n) is 4.63. The molecule has 2 aromatic carbocycles. The molecule has 2 amide bonds. The minimum atomic E-state index is -0.566. The lowest BCUT2D eigenvalue weighted by molar-refractivity contribution is -0.135. The first-order valence-electron chi connectivity index (χ1n) is 11.2. The maximum Gasteiger partial charge on any atom is 0.249 e. The number of carbonyl (C=O) groups is 2. The van der Waals surface area contributed by atoms with E-state index in [9.17, 15) is 9.59 Å². The van der Waals surface area contributed by atoms with Crippen LogP contribution in [-0.4, -0.2) is 72.3 Å². The number of hydrogen-bond donors (Lipinski definition) is 1. The summed E-state index contributed by atoms with van der Waals surface area (Å²) in [6, 6.07) is 12.4. The van der Waals surface area contributed by atoms with Crippen LogP contribution in [0, 0.1) is 0 Å². The lowest BCUT2D eigenvalue weighted by Gasteiger charge is -2.36. The van der Waals surface area contributed by atoms with Gasteiger partial charge < -0.3 is 19.9 Å². The second-order valence-electron chi connectivity index (χ2n) is 8.55. The monoisotopic (exact) mass is 454 g/mol. The number of halogens is 1. The molecule has 1 unspecified atom stereocenters. The zero-order valence-corrected chi connectivity index (χ0v) is 18.7. The molecule has 2 aromatic rings. The Hall–Kier alpha value is -2.77. The number of para-hydroxylation sites is 1. The van der Waals surface area contributed by atoms with Crippen molar-refractivity contribution in [2.24, 2.45) is 0 Å². The molecule has 32 heavy (non-hydrogen) atoms. The van der Waals surface area contributed by atoms with Gasteiger partial charge in [0.05, 0.1) is 12.2 Å². The molecule has 0 spiro atoms. The number of fused-ring (bicyclic) bond motifs is 2. The van der Waals surface area contributed by atoms with Gasteiger partial charge in [0.1, 0.15) is 11.8 Å². The molecule has 0 aromatic heterocycles. The van der Waals surface area contributed by atoms with E-state index in [-0.39, 0.29) is 11.8 Å². The average molecular weight is 455 g/mol. The van der Waals surface area contributed by atoms with Gasteiger partial charge in [-0.3, -0.25) is 14.5 Å². The molecular formula is C24H27ClN4O3. The fraction of sp³-hybridized carbons (Fsp3) is 0.417. The molecule has 0 aliphatic carbocycles. The smallest absolute Gasteiger partial charge is 0.249 e. The Morgan fingerprint density at radius 1 is 0.938 bits per heavy atom. The number of piperazine rings is 1. The lowest BCUT2D eigenvalue weighted by atomic mass is 10.0. The first-order valence-corrected chi connectivity index (χ1v) is 11.6. The van der Waals surface area contributed by atoms with Crippen molar-refractivity contribution in [3.63, 3.8) is 0 Å². The van der Waals surface area contributed by atoms with Crippen LogP contribution in [-0.2, 0) is 9.59 Å². The topological polar surface area (TPSA) is 65.1 Å². The highest BCUT2D eigenvalue weighted by Gasteiger charge is 2.33. The predicted molar refractivity (Wildman–Crippen MR) is 123 cm³/mol. The number of ether oxygens (including phenoxy) is 1. The zero-order valence-electron chi connectivity index (χ0n) is 17.9. The van der Waals surface area contributed by atoms with E-state index in [1.165, 1.54) is 0 Å². The minimum Gasteiger partial charge on any atom is -0.455 e. The van der Waals surface area contributed by atoms with Gasteiger partial charge in [0.15, 0.2) is 5.75 Å². The molecule has 3 aliphatic rings. The van der Waals surface area contributed by atoms with Gasteiger partial charge in [0, 0.05) is 49.9 Å². The molecule has 168 valence electrons. The van der Waals surface area contributed by atoms with Crippen LogP contribution in [0.4, 0.5) is 5.69 Å². The highest BCUT2D eigenvalue weighted by atomic mass is 35.5. The number of hydrogen-bond acceptors (Lipinski definition) is 5. The summed E-state index contributed by atoms with van der Waals surface area (Å²) in [5.41, 5.74) is 1.50. The Labute approximate surface area is 192 Å². The molecule has 2 fully saturated rings. The highest BCUT2D eigenvalue weighted by Crippen LogP contribution is 2.41. The summed E-state index contributed by atoms with van der Waals surface area (Å²) in [6.07, 6.45) is 2.20. The van der Waals surface area contributed by atoms with Crippen LogP contribution in [0.1, 0.15) is 24.4 Å². The van der Waals surface area contributed by atoms with E-state index in [4.69, 9.17) is 16.3 Å². The Bertz CT molecular complexity index is 1020. The second-order valence-corrected chi connectivity index (χ2v) is 8.98. The summed E-state index contributed by atoms with van der Waals surface area (Å²) in [6.45, 7) is 4.75. The van der Waals surface area contributed by atoms with E-state index in [0.717, 1.165) is 31.5 Å². The fourth-order valence-corrected chi connectivity index (χ4v) is 4.80. The molecule has 8 heteroatoms. The number of nitrogens with one attached hydrogen (secondary N) is 1. The SMILES string of the molecule is O=C(CN1CCN(C(=O)C2Nc3cc(Cl)ccc3Oc3ccccc32)CC1)N1CCCC1. The van der Waals surface area contributed by atoms with E-state index >= 15 is 0 Å². The molecule has 0 bridgehead atoms. The summed E-state index contributed by atoms with van der Waals surface area (Å²) in [4.78, 5) is 32.0. The standard InChI is InChI=1S/C24H27ClN4O3/c25-17-7-8-21-19(15-17)26-23(18-5-1-2-6-20(18)32-21)24(31)29-13-11-27(12-14-29)16-22(30)28-9-3-4-10-28/h1-2,5-8,15,23,26H,3-4,9-14,16H2. The Morgan fingerprint density at radius 2 is 1.69 bits per heavy atom. The van der Waals surface area contributed by atoms with Crippen molar-refractivity contribution in [2.75, 3.05) is 51.1 Å². The third-order valence-electron chi connectivity index (χ3n) is 6.44. The summed E-state index contributed by atoms with van der Waals surface area (Å²) in [5.74, 6) is 1.50. The molecule has 2 saturated heterocycles. The van der Waals surface area contributed by atoms with Crippen LogP contribution in [0.15, 0.2) is 42.5 Å². The number of likely N-dealkylation sites (tertiary alicyclic amines) is 1. The molecule has 3 aliphatic heterocycles. The van der Waals surface area contributed by atoms with Gasteiger partial charge in [-0.25, -0.2) is 0 Å². The maximum atomic E-state index is 13.6. The van der Waals surface area contributed by atoms with Gasteiger partial charge in [-0.05, 0) is 37.1 Å². The Balaban J connectivity index is 1.29. The van der Waals surface area contributed by atoms with Gasteiger partial charge in [0.25, 0.3) is 0 Å². The van der Waals surface area contributed by atoms with Gasteiger partial charge in [-0.1, -0.05) is 29.8 Å². The molecule has 0 saturated carbocycles. The molecule has 5 rings (SSSR count). The maximum absolute atomic E-state index is 13.6. The van der Waals surface area contributed by atoms with Crippen LogP contribution >= 0.6 is 11.6 Å². The van der Waals surface area contributed by atoms with E-state index in [1.807, 2.05) is 40.1 Å². The predicted octanol–water partition coefficient (Wildman–Crippen LogP) is 3.37. The quantitative estimate of drug-likeness (QED) is 0.770. The second kappa shape index (κ2) is 9.00. The Morgan fingerprint density at radius 3 is 2.47 bits per heavy atom. The van der Waals surface area contributed by atoms with E-state index in [1.54, 1.807) is 12.1 Å². The van der Waals surface area contributed by atoms with Crippen LogP contribution in [0.3, 0.4) is 0 Å². The number of anilines is 1. The van der Waals surface area contributed by atoms with Crippen LogP contribution in [0.25, 0.3) is 0 Å². The zero-order chi connectivity index (χ0) is 22.1. The molecule has 1 N–H and O–H groups in total. The number of benzene rings is 2. The van der Waals surface area contributed by atoms with Crippen molar-refractivity contribution >= 4 is 29.1 Å². The van der Waals surface area contributed by atoms with Crippen molar-refractivity contribution in [3.8, 4) is 11.5 Å². The van der Waals surface area contributed by atoms with Crippen molar-refractivity contribution < 1.29 is 14.3 Å². The number of nitrogens with zero attached hydrogens (tertiary/aromatic N) is 3. The molecule has 1 atom stereocenters. The van der Waals surface area contributed by atoms with Gasteiger partial charge in [-0.15, -0.1) is 0 Å². The van der Waals surface area contributed by atoms with Crippen LogP contribution < -0.4 is 10.1 Å². The van der Waals surface area contributed by atoms with Crippen molar-refractivity contribution in [3.05, 3.63) is 53.1 Å². The Kier molecular flexibility index (Phi) is 5.93. The summed E-state index contributed by atoms with van der Waals surface area (Å²) in [5, 5.41) is 3.94. The van der Waals surface area contributed by atoms with Crippen molar-refractivity contribution in [1.82, 2.24) is 14.7 Å². The molecule has 3 heterocycles. The summed E-state index contributed by atoms with van der Waals surface area (Å²) < 4.78 is 6.09. The number of amides is 2. The minimum absolute atomic E-state index is 0.000560. The first kappa shape index (κ1) is 21.1. The van der Waals surface area contributed by atoms with Crippen LogP contribution in [0.5, 0.6) is 11.5 Å². The largest absolute Gasteiger partial charge is 0.455 e. The lowest BCUT2D eigenvalue weighted by Crippen LogP contribution is -2.52. The third kappa shape index (κ3) is 4.27. The normalized spacial score (nSPS) is 20.6. The molecule has 0 radical (unpaired) electrons. The average Bonchev–Trinajstić information content (AvgIpc) is 3.30. The van der Waals surface area contributed by atoms with E-state index in [0.29, 0.717) is 54.9 Å². The summed E-state index contributed by atoms with van der Waals surface area (Å²) in [7, 11) is 0. The molecular weight excluding hydrogens is 428 g/mol. The summed E-state index contributed by atoms with van der Waals surface area (Å²) >= 11 is 6.19. The first-order chi connectivity index (χ1) is 15.6.